The van der Waals surface area contributed by atoms with E-state index in [0.29, 0.717) is 0 Å². The van der Waals surface area contributed by atoms with Gasteiger partial charge in [0.1, 0.15) is 28.1 Å². The first-order valence-electron chi connectivity index (χ1n) is 5.39. The van der Waals surface area contributed by atoms with E-state index in [4.69, 9.17) is 5.73 Å². The largest absolute Gasteiger partial charge is 0.389 e. The second-order valence-corrected chi connectivity index (χ2v) is 5.23. The third-order valence-corrected chi connectivity index (χ3v) is 3.39. The minimum Gasteiger partial charge on any atom is -0.389 e. The second-order valence-electron chi connectivity index (χ2n) is 3.93. The molecule has 0 aliphatic carbocycles. The van der Waals surface area contributed by atoms with E-state index in [1.165, 1.54) is 12.1 Å². The standard InChI is InChI=1S/C13H8BrF3N2S/c14-8-2-1-7(5-9(8)15)19-12-10(16)3-6(13(18)20)4-11(12)17/h1-5,19H,(H2,18,20). The Kier molecular flexibility index (Phi) is 4.29. The van der Waals surface area contributed by atoms with Gasteiger partial charge in [-0.3, -0.25) is 0 Å². The number of rotatable bonds is 3. The summed E-state index contributed by atoms with van der Waals surface area (Å²) in [6, 6.07) is 6.06. The van der Waals surface area contributed by atoms with Crippen molar-refractivity contribution in [3.05, 3.63) is 57.8 Å². The highest BCUT2D eigenvalue weighted by Gasteiger charge is 2.13. The summed E-state index contributed by atoms with van der Waals surface area (Å²) in [6.07, 6.45) is 0. The Morgan fingerprint density at radius 3 is 2.15 bits per heavy atom. The molecular weight excluding hydrogens is 353 g/mol. The Morgan fingerprint density at radius 2 is 1.65 bits per heavy atom. The SMILES string of the molecule is NC(=S)c1cc(F)c(Nc2ccc(Br)c(F)c2)c(F)c1. The average Bonchev–Trinajstić information content (AvgIpc) is 2.37. The molecule has 0 bridgehead atoms. The monoisotopic (exact) mass is 360 g/mol. The highest BCUT2D eigenvalue weighted by atomic mass is 79.9. The van der Waals surface area contributed by atoms with E-state index in [2.05, 4.69) is 33.5 Å². The maximum absolute atomic E-state index is 13.8. The van der Waals surface area contributed by atoms with Crippen LogP contribution < -0.4 is 11.1 Å². The zero-order chi connectivity index (χ0) is 14.9. The zero-order valence-corrected chi connectivity index (χ0v) is 12.3. The van der Waals surface area contributed by atoms with Gasteiger partial charge in [0.05, 0.1) is 4.47 Å². The molecule has 20 heavy (non-hydrogen) atoms. The highest BCUT2D eigenvalue weighted by molar-refractivity contribution is 9.10. The van der Waals surface area contributed by atoms with Gasteiger partial charge in [0.2, 0.25) is 0 Å². The first-order chi connectivity index (χ1) is 9.38. The van der Waals surface area contributed by atoms with Crippen molar-refractivity contribution in [3.8, 4) is 0 Å². The van der Waals surface area contributed by atoms with Crippen molar-refractivity contribution in [3.63, 3.8) is 0 Å². The van der Waals surface area contributed by atoms with Crippen molar-refractivity contribution in [1.82, 2.24) is 0 Å². The van der Waals surface area contributed by atoms with E-state index >= 15 is 0 Å². The average molecular weight is 361 g/mol. The number of anilines is 2. The zero-order valence-electron chi connectivity index (χ0n) is 9.88. The molecular formula is C13H8BrF3N2S. The summed E-state index contributed by atoms with van der Waals surface area (Å²) in [6.45, 7) is 0. The predicted molar refractivity (Wildman–Crippen MR) is 79.6 cm³/mol. The van der Waals surface area contributed by atoms with Crippen molar-refractivity contribution in [2.24, 2.45) is 5.73 Å². The van der Waals surface area contributed by atoms with Crippen molar-refractivity contribution >= 4 is 44.5 Å². The summed E-state index contributed by atoms with van der Waals surface area (Å²) in [4.78, 5) is -0.107. The van der Waals surface area contributed by atoms with Crippen molar-refractivity contribution in [2.75, 3.05) is 5.32 Å². The molecule has 0 saturated carbocycles. The number of nitrogens with two attached hydrogens (primary N) is 1. The summed E-state index contributed by atoms with van der Waals surface area (Å²) in [5.74, 6) is -2.28. The Balaban J connectivity index is 2.38. The third kappa shape index (κ3) is 3.10. The van der Waals surface area contributed by atoms with Crippen molar-refractivity contribution in [2.45, 2.75) is 0 Å². The normalized spacial score (nSPS) is 10.4. The van der Waals surface area contributed by atoms with E-state index in [1.807, 2.05) is 0 Å². The molecule has 2 rings (SSSR count). The molecule has 0 heterocycles. The van der Waals surface area contributed by atoms with E-state index in [9.17, 15) is 13.2 Å². The maximum Gasteiger partial charge on any atom is 0.150 e. The van der Waals surface area contributed by atoms with Gasteiger partial charge in [0.15, 0.2) is 0 Å². The van der Waals surface area contributed by atoms with Gasteiger partial charge in [0, 0.05) is 11.3 Å². The molecule has 0 aromatic heterocycles. The molecule has 0 atom stereocenters. The molecule has 3 N–H and O–H groups in total. The van der Waals surface area contributed by atoms with Gasteiger partial charge in [-0.05, 0) is 46.3 Å². The van der Waals surface area contributed by atoms with Crippen LogP contribution >= 0.6 is 28.1 Å². The Labute approximate surface area is 126 Å². The minimum atomic E-state index is -0.865. The van der Waals surface area contributed by atoms with Gasteiger partial charge in [-0.1, -0.05) is 12.2 Å². The van der Waals surface area contributed by atoms with Gasteiger partial charge in [-0.25, -0.2) is 13.2 Å². The van der Waals surface area contributed by atoms with Crippen LogP contribution in [-0.2, 0) is 0 Å². The van der Waals surface area contributed by atoms with E-state index in [0.717, 1.165) is 18.2 Å². The minimum absolute atomic E-state index is 0.0857. The van der Waals surface area contributed by atoms with Crippen LogP contribution in [0.1, 0.15) is 5.56 Å². The van der Waals surface area contributed by atoms with Crippen molar-refractivity contribution < 1.29 is 13.2 Å². The smallest absolute Gasteiger partial charge is 0.150 e. The van der Waals surface area contributed by atoms with E-state index in [1.54, 1.807) is 0 Å². The van der Waals surface area contributed by atoms with Crippen LogP contribution in [0, 0.1) is 17.5 Å². The first-order valence-corrected chi connectivity index (χ1v) is 6.59. The van der Waals surface area contributed by atoms with Gasteiger partial charge in [-0.2, -0.15) is 0 Å². The lowest BCUT2D eigenvalue weighted by atomic mass is 10.1. The second kappa shape index (κ2) is 5.80. The Hall–Kier alpha value is -1.60. The molecule has 0 unspecified atom stereocenters. The number of thiocarbonyl (C=S) groups is 1. The molecule has 2 aromatic carbocycles. The Morgan fingerprint density at radius 1 is 1.05 bits per heavy atom. The van der Waals surface area contributed by atoms with Gasteiger partial charge in [0.25, 0.3) is 0 Å². The summed E-state index contributed by atoms with van der Waals surface area (Å²) < 4.78 is 41.2. The van der Waals surface area contributed by atoms with Gasteiger partial charge in [-0.15, -0.1) is 0 Å². The molecule has 0 saturated heterocycles. The molecule has 7 heteroatoms. The van der Waals surface area contributed by atoms with Crippen LogP contribution in [0.4, 0.5) is 24.5 Å². The molecule has 2 nitrogen and oxygen atoms in total. The summed E-state index contributed by atoms with van der Waals surface area (Å²) in [5.41, 5.74) is 5.22. The lowest BCUT2D eigenvalue weighted by molar-refractivity contribution is 0.590. The fourth-order valence-electron chi connectivity index (χ4n) is 1.55. The maximum atomic E-state index is 13.8. The summed E-state index contributed by atoms with van der Waals surface area (Å²) in [5, 5.41) is 2.48. The predicted octanol–water partition coefficient (Wildman–Crippen LogP) is 4.24. The molecule has 0 radical (unpaired) electrons. The summed E-state index contributed by atoms with van der Waals surface area (Å²) >= 11 is 7.64. The first kappa shape index (κ1) is 14.8. The van der Waals surface area contributed by atoms with Crippen LogP contribution in [0.15, 0.2) is 34.8 Å². The fourth-order valence-corrected chi connectivity index (χ4v) is 1.92. The third-order valence-electron chi connectivity index (χ3n) is 2.52. The highest BCUT2D eigenvalue weighted by Crippen LogP contribution is 2.27. The van der Waals surface area contributed by atoms with Crippen molar-refractivity contribution in [1.29, 1.82) is 0 Å². The van der Waals surface area contributed by atoms with Crippen LogP contribution in [0.2, 0.25) is 0 Å². The quantitative estimate of drug-likeness (QED) is 0.803. The molecule has 0 aliphatic rings. The fraction of sp³-hybridized carbons (Fsp3) is 0. The van der Waals surface area contributed by atoms with Gasteiger partial charge >= 0.3 is 0 Å². The van der Waals surface area contributed by atoms with E-state index in [-0.39, 0.29) is 20.7 Å². The van der Waals surface area contributed by atoms with Crippen LogP contribution in [0.5, 0.6) is 0 Å². The Bertz CT molecular complexity index is 668. The molecule has 0 amide bonds. The topological polar surface area (TPSA) is 38.0 Å². The molecule has 0 spiro atoms. The molecule has 0 aliphatic heterocycles. The van der Waals surface area contributed by atoms with E-state index < -0.39 is 23.1 Å². The van der Waals surface area contributed by atoms with Crippen LogP contribution in [0.3, 0.4) is 0 Å². The van der Waals surface area contributed by atoms with Gasteiger partial charge < -0.3 is 11.1 Å². The molecule has 2 aromatic rings. The number of hydrogen-bond donors (Lipinski definition) is 2. The lowest BCUT2D eigenvalue weighted by Crippen LogP contribution is -2.11. The number of benzene rings is 2. The molecule has 0 fully saturated rings. The van der Waals surface area contributed by atoms with Crippen LogP contribution in [0.25, 0.3) is 0 Å². The number of halogens is 4. The molecule has 104 valence electrons. The van der Waals surface area contributed by atoms with Crippen LogP contribution in [-0.4, -0.2) is 4.99 Å². The number of hydrogen-bond acceptors (Lipinski definition) is 2. The lowest BCUT2D eigenvalue weighted by Gasteiger charge is -2.11. The summed E-state index contributed by atoms with van der Waals surface area (Å²) in [7, 11) is 0. The number of nitrogens with one attached hydrogen (secondary N) is 1.